The summed E-state index contributed by atoms with van der Waals surface area (Å²) in [5, 5.41) is 3.88. The Kier molecular flexibility index (Phi) is 6.28. The van der Waals surface area contributed by atoms with E-state index in [1.54, 1.807) is 12.4 Å². The van der Waals surface area contributed by atoms with Gasteiger partial charge < -0.3 is 4.84 Å². The number of rotatable bonds is 2. The van der Waals surface area contributed by atoms with E-state index in [1.165, 1.54) is 7.11 Å². The Morgan fingerprint density at radius 2 is 1.80 bits per heavy atom. The maximum Gasteiger partial charge on any atom is 0.106 e. The molecule has 2 aromatic rings. The van der Waals surface area contributed by atoms with E-state index in [0.717, 1.165) is 22.4 Å². The van der Waals surface area contributed by atoms with E-state index < -0.39 is 0 Å². The number of aromatic nitrogens is 1. The molecule has 0 spiro atoms. The molecule has 0 saturated heterocycles. The molecule has 0 aliphatic carbocycles. The maximum absolute atomic E-state index is 4.75. The zero-order valence-electron chi connectivity index (χ0n) is 11.3. The summed E-state index contributed by atoms with van der Waals surface area (Å²) in [6, 6.07) is 11.8. The fourth-order valence-corrected chi connectivity index (χ4v) is 1.56. The molecule has 0 radical (unpaired) electrons. The van der Waals surface area contributed by atoms with Gasteiger partial charge in [-0.15, -0.1) is 12.4 Å². The second-order valence-electron chi connectivity index (χ2n) is 3.94. The molecule has 3 nitrogen and oxygen atoms in total. The molecule has 2 rings (SSSR count). The molecule has 1 aromatic carbocycles. The quantitative estimate of drug-likeness (QED) is 0.482. The van der Waals surface area contributed by atoms with E-state index in [2.05, 4.69) is 22.0 Å². The van der Waals surface area contributed by atoms with Crippen LogP contribution < -0.4 is 0 Å². The molecule has 0 N–H and O–H groups in total. The highest BCUT2D eigenvalue weighted by atomic mass is 35.5. The van der Waals surface area contributed by atoms with Crippen LogP contribution in [0.5, 0.6) is 0 Å². The first-order valence-corrected chi connectivity index (χ1v) is 5.90. The van der Waals surface area contributed by atoms with E-state index in [1.807, 2.05) is 43.3 Å². The number of hydrogen-bond donors (Lipinski definition) is 0. The lowest BCUT2D eigenvalue weighted by molar-refractivity contribution is 0.213. The van der Waals surface area contributed by atoms with Gasteiger partial charge in [-0.3, -0.25) is 4.98 Å². The Morgan fingerprint density at radius 1 is 1.10 bits per heavy atom. The minimum Gasteiger partial charge on any atom is -0.399 e. The molecule has 0 amide bonds. The molecule has 0 atom stereocenters. The Labute approximate surface area is 125 Å². The Bertz CT molecular complexity index is 642. The van der Waals surface area contributed by atoms with Gasteiger partial charge in [0.2, 0.25) is 0 Å². The zero-order valence-corrected chi connectivity index (χ0v) is 12.1. The lowest BCUT2D eigenvalue weighted by Crippen LogP contribution is -1.97. The maximum atomic E-state index is 4.75. The van der Waals surface area contributed by atoms with Crippen molar-refractivity contribution in [2.45, 2.75) is 6.92 Å². The van der Waals surface area contributed by atoms with Gasteiger partial charge in [0.15, 0.2) is 0 Å². The van der Waals surface area contributed by atoms with Gasteiger partial charge in [-0.1, -0.05) is 35.2 Å². The topological polar surface area (TPSA) is 34.5 Å². The second-order valence-corrected chi connectivity index (χ2v) is 3.94. The summed E-state index contributed by atoms with van der Waals surface area (Å²) in [4.78, 5) is 8.91. The van der Waals surface area contributed by atoms with E-state index in [0.29, 0.717) is 0 Å². The van der Waals surface area contributed by atoms with Crippen LogP contribution in [0.25, 0.3) is 0 Å². The first-order chi connectivity index (χ1) is 9.29. The summed E-state index contributed by atoms with van der Waals surface area (Å²) in [7, 11) is 1.52. The monoisotopic (exact) mass is 286 g/mol. The van der Waals surface area contributed by atoms with Crippen molar-refractivity contribution in [1.29, 1.82) is 0 Å². The second kappa shape index (κ2) is 7.98. The normalized spacial score (nSPS) is 10.0. The van der Waals surface area contributed by atoms with Gasteiger partial charge in [0.1, 0.15) is 7.11 Å². The van der Waals surface area contributed by atoms with Crippen LogP contribution in [0, 0.1) is 11.8 Å². The molecule has 4 heteroatoms. The average molecular weight is 287 g/mol. The summed E-state index contributed by atoms with van der Waals surface area (Å²) in [5.74, 6) is 6.19. The van der Waals surface area contributed by atoms with Crippen molar-refractivity contribution in [2.75, 3.05) is 7.11 Å². The predicted molar refractivity (Wildman–Crippen MR) is 83.1 cm³/mol. The fourth-order valence-electron chi connectivity index (χ4n) is 1.56. The molecule has 0 aliphatic heterocycles. The predicted octanol–water partition coefficient (Wildman–Crippen LogP) is 3.27. The van der Waals surface area contributed by atoms with E-state index >= 15 is 0 Å². The zero-order chi connectivity index (χ0) is 13.5. The fraction of sp³-hybridized carbons (Fsp3) is 0.125. The van der Waals surface area contributed by atoms with Crippen molar-refractivity contribution >= 4 is 18.1 Å². The van der Waals surface area contributed by atoms with Gasteiger partial charge in [-0.25, -0.2) is 0 Å². The molecule has 0 aliphatic rings. The number of hydrogen-bond acceptors (Lipinski definition) is 3. The summed E-state index contributed by atoms with van der Waals surface area (Å²) in [6.45, 7) is 1.87. The molecule has 0 bridgehead atoms. The first-order valence-electron chi connectivity index (χ1n) is 5.90. The smallest absolute Gasteiger partial charge is 0.106 e. The highest BCUT2D eigenvalue weighted by Crippen LogP contribution is 2.04. The molecular formula is C16H15ClN2O. The molecular weight excluding hydrogens is 272 g/mol. The molecule has 102 valence electrons. The van der Waals surface area contributed by atoms with Crippen LogP contribution in [0.2, 0.25) is 0 Å². The highest BCUT2D eigenvalue weighted by Gasteiger charge is 1.99. The van der Waals surface area contributed by atoms with Gasteiger partial charge in [-0.2, -0.15) is 0 Å². The average Bonchev–Trinajstić information content (AvgIpc) is 2.47. The number of pyridine rings is 1. The third kappa shape index (κ3) is 4.42. The molecule has 1 aromatic heterocycles. The van der Waals surface area contributed by atoms with Crippen LogP contribution in [0.15, 0.2) is 53.9 Å². The van der Waals surface area contributed by atoms with Gasteiger partial charge in [0.05, 0.1) is 5.71 Å². The lowest BCUT2D eigenvalue weighted by atomic mass is 10.1. The summed E-state index contributed by atoms with van der Waals surface area (Å²) < 4.78 is 0. The largest absolute Gasteiger partial charge is 0.399 e. The van der Waals surface area contributed by atoms with Crippen LogP contribution in [0.3, 0.4) is 0 Å². The highest BCUT2D eigenvalue weighted by molar-refractivity contribution is 5.98. The van der Waals surface area contributed by atoms with Crippen molar-refractivity contribution in [1.82, 2.24) is 4.98 Å². The van der Waals surface area contributed by atoms with E-state index in [9.17, 15) is 0 Å². The molecule has 1 heterocycles. The third-order valence-corrected chi connectivity index (χ3v) is 2.51. The van der Waals surface area contributed by atoms with Gasteiger partial charge in [0, 0.05) is 29.1 Å². The molecule has 0 saturated carbocycles. The van der Waals surface area contributed by atoms with Crippen molar-refractivity contribution in [3.05, 3.63) is 65.5 Å². The van der Waals surface area contributed by atoms with E-state index in [-0.39, 0.29) is 12.4 Å². The SMILES string of the molecule is CON=C(C)c1cncc(C#Cc2ccccc2)c1.Cl. The summed E-state index contributed by atoms with van der Waals surface area (Å²) in [5.41, 5.74) is 3.52. The summed E-state index contributed by atoms with van der Waals surface area (Å²) >= 11 is 0. The van der Waals surface area contributed by atoms with Crippen molar-refractivity contribution in [3.8, 4) is 11.8 Å². The standard InChI is InChI=1S/C16H14N2O.ClH/c1-13(18-19-2)16-10-15(11-17-12-16)9-8-14-6-4-3-5-7-14;/h3-7,10-12H,1-2H3;1H. The van der Waals surface area contributed by atoms with Gasteiger partial charge >= 0.3 is 0 Å². The minimum atomic E-state index is 0. The Morgan fingerprint density at radius 3 is 2.50 bits per heavy atom. The van der Waals surface area contributed by atoms with Crippen LogP contribution in [0.1, 0.15) is 23.6 Å². The van der Waals surface area contributed by atoms with Gasteiger partial charge in [0.25, 0.3) is 0 Å². The van der Waals surface area contributed by atoms with E-state index in [4.69, 9.17) is 4.84 Å². The number of benzene rings is 1. The van der Waals surface area contributed by atoms with Gasteiger partial charge in [-0.05, 0) is 25.1 Å². The lowest BCUT2D eigenvalue weighted by Gasteiger charge is -1.99. The Balaban J connectivity index is 0.00000200. The van der Waals surface area contributed by atoms with Crippen molar-refractivity contribution in [2.24, 2.45) is 5.16 Å². The van der Waals surface area contributed by atoms with Crippen molar-refractivity contribution < 1.29 is 4.84 Å². The molecule has 20 heavy (non-hydrogen) atoms. The minimum absolute atomic E-state index is 0. The molecule has 0 fully saturated rings. The van der Waals surface area contributed by atoms with Crippen LogP contribution >= 0.6 is 12.4 Å². The number of halogens is 1. The number of nitrogens with zero attached hydrogens (tertiary/aromatic N) is 2. The third-order valence-electron chi connectivity index (χ3n) is 2.51. The number of oxime groups is 1. The Hall–Kier alpha value is -2.31. The van der Waals surface area contributed by atoms with Crippen LogP contribution in [-0.2, 0) is 4.84 Å². The van der Waals surface area contributed by atoms with Crippen molar-refractivity contribution in [3.63, 3.8) is 0 Å². The van der Waals surface area contributed by atoms with Crippen LogP contribution in [-0.4, -0.2) is 17.8 Å². The molecule has 0 unspecified atom stereocenters. The summed E-state index contributed by atoms with van der Waals surface area (Å²) in [6.07, 6.45) is 3.48. The van der Waals surface area contributed by atoms with Crippen LogP contribution in [0.4, 0.5) is 0 Å². The first kappa shape index (κ1) is 15.7.